The molecule has 222 valence electrons. The van der Waals surface area contributed by atoms with Crippen molar-refractivity contribution in [3.8, 4) is 0 Å². The zero-order chi connectivity index (χ0) is 30.3. The van der Waals surface area contributed by atoms with Gasteiger partial charge in [0.05, 0.1) is 35.3 Å². The van der Waals surface area contributed by atoms with Crippen LogP contribution < -0.4 is 10.2 Å². The molecule has 9 nitrogen and oxygen atoms in total. The number of hydrogen-bond donors (Lipinski definition) is 1. The van der Waals surface area contributed by atoms with E-state index >= 15 is 0 Å². The Morgan fingerprint density at radius 3 is 2.09 bits per heavy atom. The average Bonchev–Trinajstić information content (AvgIpc) is 3.29. The highest BCUT2D eigenvalue weighted by Crippen LogP contribution is 2.45. The van der Waals surface area contributed by atoms with E-state index in [1.807, 2.05) is 25.1 Å². The molecule has 1 aliphatic heterocycles. The number of benzene rings is 3. The van der Waals surface area contributed by atoms with Crippen molar-refractivity contribution in [1.29, 1.82) is 0 Å². The van der Waals surface area contributed by atoms with Crippen LogP contribution in [0.3, 0.4) is 0 Å². The van der Waals surface area contributed by atoms with E-state index in [9.17, 15) is 24.0 Å². The van der Waals surface area contributed by atoms with Gasteiger partial charge in [0, 0.05) is 5.69 Å². The lowest BCUT2D eigenvalue weighted by atomic mass is 9.73. The van der Waals surface area contributed by atoms with Crippen molar-refractivity contribution in [2.45, 2.75) is 44.9 Å². The maximum Gasteiger partial charge on any atom is 0.338 e. The topological polar surface area (TPSA) is 119 Å². The molecule has 0 bridgehead atoms. The van der Waals surface area contributed by atoms with Crippen LogP contribution in [-0.4, -0.2) is 42.9 Å². The van der Waals surface area contributed by atoms with E-state index in [4.69, 9.17) is 9.47 Å². The summed E-state index contributed by atoms with van der Waals surface area (Å²) in [7, 11) is 0. The fraction of sp³-hybridized carbons (Fsp3) is 0.324. The first-order chi connectivity index (χ1) is 20.9. The molecule has 2 fully saturated rings. The molecular formula is C34H34N2O7. The predicted molar refractivity (Wildman–Crippen MR) is 159 cm³/mol. The number of unbranched alkanes of at least 4 members (excludes halogenated alkanes) is 1. The summed E-state index contributed by atoms with van der Waals surface area (Å²) in [6.45, 7) is 1.84. The van der Waals surface area contributed by atoms with Gasteiger partial charge in [-0.05, 0) is 85.7 Å². The molecule has 5 rings (SSSR count). The van der Waals surface area contributed by atoms with Gasteiger partial charge in [0.25, 0.3) is 5.91 Å². The monoisotopic (exact) mass is 582 g/mol. The van der Waals surface area contributed by atoms with Crippen LogP contribution in [0.4, 0.5) is 11.4 Å². The molecule has 9 heteroatoms. The number of ether oxygens (including phenoxy) is 2. The molecule has 3 aromatic carbocycles. The SMILES string of the molecule is CCCCOC(=O)c1ccc(NC(=O)COC(=O)c2ccc(N3C(=O)[C@H]4C[C@H](c5ccccc5)CC[C@H]4C3=O)cc2)cc1. The van der Waals surface area contributed by atoms with Gasteiger partial charge in [0.1, 0.15) is 0 Å². The van der Waals surface area contributed by atoms with Gasteiger partial charge in [0.15, 0.2) is 6.61 Å². The molecule has 1 heterocycles. The highest BCUT2D eigenvalue weighted by Gasteiger charge is 2.50. The number of anilines is 2. The Kier molecular flexibility index (Phi) is 9.29. The molecule has 3 atom stereocenters. The molecule has 1 N–H and O–H groups in total. The van der Waals surface area contributed by atoms with Gasteiger partial charge < -0.3 is 14.8 Å². The molecule has 0 radical (unpaired) electrons. The van der Waals surface area contributed by atoms with Crippen LogP contribution in [0.1, 0.15) is 71.2 Å². The fourth-order valence-electron chi connectivity index (χ4n) is 5.70. The molecule has 2 aliphatic rings. The Morgan fingerprint density at radius 2 is 1.42 bits per heavy atom. The first-order valence-corrected chi connectivity index (χ1v) is 14.6. The first kappa shape index (κ1) is 29.7. The summed E-state index contributed by atoms with van der Waals surface area (Å²) in [5.74, 6) is -2.54. The van der Waals surface area contributed by atoms with Crippen molar-refractivity contribution in [2.24, 2.45) is 11.8 Å². The maximum atomic E-state index is 13.3. The van der Waals surface area contributed by atoms with Crippen LogP contribution in [0.2, 0.25) is 0 Å². The van der Waals surface area contributed by atoms with Gasteiger partial charge in [-0.2, -0.15) is 0 Å². The van der Waals surface area contributed by atoms with Crippen molar-refractivity contribution < 1.29 is 33.4 Å². The number of fused-ring (bicyclic) bond motifs is 1. The molecule has 43 heavy (non-hydrogen) atoms. The number of carbonyl (C=O) groups excluding carboxylic acids is 5. The Balaban J connectivity index is 1.12. The third-order valence-corrected chi connectivity index (χ3v) is 8.03. The molecule has 3 amide bonds. The molecule has 1 saturated heterocycles. The van der Waals surface area contributed by atoms with Gasteiger partial charge in [-0.1, -0.05) is 43.7 Å². The molecular weight excluding hydrogens is 548 g/mol. The van der Waals surface area contributed by atoms with Crippen LogP contribution in [0.5, 0.6) is 0 Å². The lowest BCUT2D eigenvalue weighted by Gasteiger charge is -2.28. The second-order valence-electron chi connectivity index (χ2n) is 10.9. The van der Waals surface area contributed by atoms with Crippen LogP contribution in [0, 0.1) is 11.8 Å². The van der Waals surface area contributed by atoms with E-state index in [-0.39, 0.29) is 35.1 Å². The summed E-state index contributed by atoms with van der Waals surface area (Å²) in [5.41, 5.74) is 2.59. The van der Waals surface area contributed by atoms with E-state index in [1.54, 1.807) is 36.4 Å². The van der Waals surface area contributed by atoms with Gasteiger partial charge in [-0.3, -0.25) is 19.3 Å². The predicted octanol–water partition coefficient (Wildman–Crippen LogP) is 5.51. The molecule has 0 unspecified atom stereocenters. The smallest absolute Gasteiger partial charge is 0.338 e. The van der Waals surface area contributed by atoms with Crippen molar-refractivity contribution >= 4 is 41.0 Å². The van der Waals surface area contributed by atoms with Crippen LogP contribution >= 0.6 is 0 Å². The van der Waals surface area contributed by atoms with Gasteiger partial charge in [-0.15, -0.1) is 0 Å². The van der Waals surface area contributed by atoms with Crippen molar-refractivity contribution in [1.82, 2.24) is 0 Å². The fourth-order valence-corrected chi connectivity index (χ4v) is 5.70. The van der Waals surface area contributed by atoms with E-state index in [2.05, 4.69) is 17.4 Å². The summed E-state index contributed by atoms with van der Waals surface area (Å²) in [6.07, 6.45) is 3.87. The average molecular weight is 583 g/mol. The van der Waals surface area contributed by atoms with Gasteiger partial charge in [0.2, 0.25) is 11.8 Å². The number of rotatable bonds is 10. The summed E-state index contributed by atoms with van der Waals surface area (Å²) in [5, 5.41) is 2.61. The van der Waals surface area contributed by atoms with Crippen LogP contribution in [0.15, 0.2) is 78.9 Å². The summed E-state index contributed by atoms with van der Waals surface area (Å²) >= 11 is 0. The van der Waals surface area contributed by atoms with Crippen molar-refractivity contribution in [3.05, 3.63) is 95.6 Å². The lowest BCUT2D eigenvalue weighted by Crippen LogP contribution is -2.30. The first-order valence-electron chi connectivity index (χ1n) is 14.6. The summed E-state index contributed by atoms with van der Waals surface area (Å²) in [4.78, 5) is 64.6. The highest BCUT2D eigenvalue weighted by atomic mass is 16.5. The third-order valence-electron chi connectivity index (χ3n) is 8.03. The summed E-state index contributed by atoms with van der Waals surface area (Å²) in [6, 6.07) is 22.3. The summed E-state index contributed by atoms with van der Waals surface area (Å²) < 4.78 is 10.3. The molecule has 1 saturated carbocycles. The second-order valence-corrected chi connectivity index (χ2v) is 10.9. The number of imide groups is 1. The van der Waals surface area contributed by atoms with Gasteiger partial charge >= 0.3 is 11.9 Å². The van der Waals surface area contributed by atoms with E-state index in [0.717, 1.165) is 19.3 Å². The zero-order valence-corrected chi connectivity index (χ0v) is 24.0. The quantitative estimate of drug-likeness (QED) is 0.190. The van der Waals surface area contributed by atoms with E-state index in [1.165, 1.54) is 22.6 Å². The standard InChI is InChI=1S/C34H34N2O7/c1-2-3-19-42-33(40)23-9-14-26(15-10-23)35-30(37)21-43-34(41)24-11-16-27(17-12-24)36-31(38)28-18-13-25(20-29(28)32(36)39)22-7-5-4-6-8-22/h4-12,14-17,25,28-29H,2-3,13,18-21H2,1H3,(H,35,37)/t25-,28-,29+/m1/s1. The number of nitrogens with zero attached hydrogens (tertiary/aromatic N) is 1. The Morgan fingerprint density at radius 1 is 0.791 bits per heavy atom. The highest BCUT2D eigenvalue weighted by molar-refractivity contribution is 6.22. The van der Waals surface area contributed by atoms with Crippen molar-refractivity contribution in [2.75, 3.05) is 23.4 Å². The number of amides is 3. The normalized spacial score (nSPS) is 19.5. The number of esters is 2. The van der Waals surface area contributed by atoms with Crippen LogP contribution in [0.25, 0.3) is 0 Å². The minimum absolute atomic E-state index is 0.183. The van der Waals surface area contributed by atoms with E-state index < -0.39 is 24.5 Å². The minimum atomic E-state index is -0.717. The van der Waals surface area contributed by atoms with Crippen LogP contribution in [-0.2, 0) is 23.9 Å². The Labute approximate surface area is 250 Å². The van der Waals surface area contributed by atoms with E-state index in [0.29, 0.717) is 36.4 Å². The van der Waals surface area contributed by atoms with Gasteiger partial charge in [-0.25, -0.2) is 9.59 Å². The minimum Gasteiger partial charge on any atom is -0.462 e. The third kappa shape index (κ3) is 6.83. The zero-order valence-electron chi connectivity index (χ0n) is 24.0. The number of hydrogen-bond acceptors (Lipinski definition) is 7. The molecule has 0 spiro atoms. The molecule has 3 aromatic rings. The molecule has 0 aromatic heterocycles. The largest absolute Gasteiger partial charge is 0.462 e. The maximum absolute atomic E-state index is 13.3. The number of carbonyl (C=O) groups is 5. The second kappa shape index (κ2) is 13.5. The van der Waals surface area contributed by atoms with Crippen molar-refractivity contribution in [3.63, 3.8) is 0 Å². The number of nitrogens with one attached hydrogen (secondary N) is 1. The Bertz CT molecular complexity index is 1490. The lowest BCUT2D eigenvalue weighted by molar-refractivity contribution is -0.122. The molecule has 1 aliphatic carbocycles. The Hall–Kier alpha value is -4.79.